The molecule has 1 heterocycles. The highest BCUT2D eigenvalue weighted by Crippen LogP contribution is 2.46. The molecule has 1 aromatic carbocycles. The molecule has 0 saturated carbocycles. The lowest BCUT2D eigenvalue weighted by atomic mass is 9.63. The van der Waals surface area contributed by atoms with Crippen LogP contribution >= 0.6 is 0 Å². The fourth-order valence-electron chi connectivity index (χ4n) is 4.35. The van der Waals surface area contributed by atoms with Crippen molar-refractivity contribution in [1.82, 2.24) is 4.57 Å². The van der Waals surface area contributed by atoms with E-state index >= 15 is 0 Å². The Morgan fingerprint density at radius 2 is 1.72 bits per heavy atom. The molecule has 0 bridgehead atoms. The third-order valence-electron chi connectivity index (χ3n) is 6.41. The van der Waals surface area contributed by atoms with Crippen molar-refractivity contribution >= 4 is 17.6 Å². The van der Waals surface area contributed by atoms with Gasteiger partial charge in [-0.05, 0) is 47.3 Å². The molecule has 0 saturated heterocycles. The van der Waals surface area contributed by atoms with Crippen LogP contribution in [0.3, 0.4) is 0 Å². The van der Waals surface area contributed by atoms with Crippen molar-refractivity contribution in [2.75, 3.05) is 5.32 Å². The molecule has 1 unspecified atom stereocenters. The highest BCUT2D eigenvalue weighted by molar-refractivity contribution is 5.98. The number of benzene rings is 1. The molecule has 0 spiro atoms. The summed E-state index contributed by atoms with van der Waals surface area (Å²) in [4.78, 5) is 24.2. The second kappa shape index (κ2) is 7.02. The number of carboxylic acids is 1. The van der Waals surface area contributed by atoms with Crippen LogP contribution in [0.25, 0.3) is 0 Å². The Morgan fingerprint density at radius 3 is 2.28 bits per heavy atom. The second-order valence-corrected chi connectivity index (χ2v) is 9.47. The highest BCUT2D eigenvalue weighted by Gasteiger charge is 2.37. The fraction of sp³-hybridized carbons (Fsp3) is 0.478. The minimum Gasteiger partial charge on any atom is -0.477 e. The number of nitrogens with two attached hydrogens (primary N) is 1. The van der Waals surface area contributed by atoms with Crippen LogP contribution < -0.4 is 11.1 Å². The van der Waals surface area contributed by atoms with Crippen molar-refractivity contribution in [3.63, 3.8) is 0 Å². The van der Waals surface area contributed by atoms with Crippen LogP contribution in [0.1, 0.15) is 79.3 Å². The van der Waals surface area contributed by atoms with Crippen LogP contribution in [0.2, 0.25) is 0 Å². The molecule has 1 aliphatic rings. The number of carbonyl (C=O) groups is 2. The van der Waals surface area contributed by atoms with Crippen LogP contribution in [0.5, 0.6) is 0 Å². The van der Waals surface area contributed by atoms with Gasteiger partial charge in [-0.25, -0.2) is 4.79 Å². The van der Waals surface area contributed by atoms with Gasteiger partial charge in [0, 0.05) is 18.8 Å². The lowest BCUT2D eigenvalue weighted by Crippen LogP contribution is -2.35. The summed E-state index contributed by atoms with van der Waals surface area (Å²) in [6.07, 6.45) is 3.80. The number of aryl methyl sites for hydroxylation is 1. The van der Waals surface area contributed by atoms with E-state index in [0.29, 0.717) is 11.3 Å². The van der Waals surface area contributed by atoms with Gasteiger partial charge in [-0.1, -0.05) is 45.9 Å². The number of aromatic nitrogens is 1. The Bertz CT molecular complexity index is 985. The smallest absolute Gasteiger partial charge is 0.352 e. The predicted octanol–water partition coefficient (Wildman–Crippen LogP) is 4.02. The summed E-state index contributed by atoms with van der Waals surface area (Å²) in [5.74, 6) is -1.39. The topological polar surface area (TPSA) is 97.4 Å². The molecule has 0 aliphatic heterocycles. The van der Waals surface area contributed by atoms with E-state index < -0.39 is 12.0 Å². The lowest BCUT2D eigenvalue weighted by Gasteiger charge is -2.42. The molecular weight excluding hydrogens is 366 g/mol. The molecule has 2 aromatic rings. The molecule has 0 fully saturated rings. The molecule has 1 aromatic heterocycles. The van der Waals surface area contributed by atoms with E-state index in [0.717, 1.165) is 18.4 Å². The zero-order chi connectivity index (χ0) is 21.7. The number of nitrogens with one attached hydrogen (secondary N) is 1. The van der Waals surface area contributed by atoms with Gasteiger partial charge in [-0.2, -0.15) is 0 Å². The molecule has 3 rings (SSSR count). The van der Waals surface area contributed by atoms with Gasteiger partial charge in [-0.15, -0.1) is 0 Å². The number of carboxylic acid groups (broad SMARTS) is 1. The van der Waals surface area contributed by atoms with Crippen LogP contribution in [0.15, 0.2) is 24.4 Å². The summed E-state index contributed by atoms with van der Waals surface area (Å²) in [5, 5.41) is 12.1. The number of anilines is 1. The zero-order valence-corrected chi connectivity index (χ0v) is 18.1. The molecule has 29 heavy (non-hydrogen) atoms. The van der Waals surface area contributed by atoms with Gasteiger partial charge in [0.05, 0.1) is 5.69 Å². The monoisotopic (exact) mass is 397 g/mol. The number of amides is 1. The normalized spacial score (nSPS) is 18.0. The van der Waals surface area contributed by atoms with E-state index in [1.807, 2.05) is 6.07 Å². The summed E-state index contributed by atoms with van der Waals surface area (Å²) in [7, 11) is 1.64. The lowest BCUT2D eigenvalue weighted by molar-refractivity contribution is -0.117. The minimum absolute atomic E-state index is 0.0312. The first-order chi connectivity index (χ1) is 13.3. The van der Waals surface area contributed by atoms with Crippen LogP contribution in [-0.4, -0.2) is 21.6 Å². The SMILES string of the molecule is Cc1c(NC(=O)C(N)c2ccc3c(c2)C(C)(C)CCC3(C)C)cn(C)c1C(=O)O. The number of nitrogens with zero attached hydrogens (tertiary/aromatic N) is 1. The summed E-state index contributed by atoms with van der Waals surface area (Å²) < 4.78 is 1.49. The summed E-state index contributed by atoms with van der Waals surface area (Å²) in [6.45, 7) is 10.7. The largest absolute Gasteiger partial charge is 0.477 e. The third-order valence-corrected chi connectivity index (χ3v) is 6.41. The van der Waals surface area contributed by atoms with Gasteiger partial charge < -0.3 is 20.7 Å². The standard InChI is InChI=1S/C23H31N3O3/c1-13-17(12-26(6)19(13)21(28)29)25-20(27)18(24)14-7-8-15-16(11-14)23(4,5)10-9-22(15,2)3/h7-8,11-12,18H,9-10,24H2,1-6H3,(H,25,27)(H,28,29). The Balaban J connectivity index is 1.90. The molecular formula is C23H31N3O3. The van der Waals surface area contributed by atoms with Crippen LogP contribution in [0, 0.1) is 6.92 Å². The highest BCUT2D eigenvalue weighted by atomic mass is 16.4. The average molecular weight is 398 g/mol. The molecule has 1 amide bonds. The molecule has 4 N–H and O–H groups in total. The minimum atomic E-state index is -1.03. The third kappa shape index (κ3) is 3.69. The summed E-state index contributed by atoms with van der Waals surface area (Å²) in [6, 6.07) is 5.28. The Morgan fingerprint density at radius 1 is 1.14 bits per heavy atom. The number of aromatic carboxylic acids is 1. The van der Waals surface area contributed by atoms with Gasteiger partial charge in [0.25, 0.3) is 0 Å². The van der Waals surface area contributed by atoms with Gasteiger partial charge in [0.2, 0.25) is 5.91 Å². The molecule has 0 radical (unpaired) electrons. The molecule has 156 valence electrons. The predicted molar refractivity (Wildman–Crippen MR) is 114 cm³/mol. The van der Waals surface area contributed by atoms with Crippen molar-refractivity contribution in [2.24, 2.45) is 12.8 Å². The molecule has 6 heteroatoms. The Kier molecular flexibility index (Phi) is 5.11. The average Bonchev–Trinajstić information content (AvgIpc) is 2.91. The number of hydrogen-bond donors (Lipinski definition) is 3. The van der Waals surface area contributed by atoms with E-state index in [1.54, 1.807) is 20.2 Å². The van der Waals surface area contributed by atoms with Gasteiger partial charge in [0.15, 0.2) is 0 Å². The van der Waals surface area contributed by atoms with Crippen molar-refractivity contribution in [1.29, 1.82) is 0 Å². The maximum absolute atomic E-state index is 12.8. The van der Waals surface area contributed by atoms with E-state index in [4.69, 9.17) is 5.73 Å². The summed E-state index contributed by atoms with van der Waals surface area (Å²) >= 11 is 0. The van der Waals surface area contributed by atoms with Crippen molar-refractivity contribution in [3.8, 4) is 0 Å². The fourth-order valence-corrected chi connectivity index (χ4v) is 4.35. The van der Waals surface area contributed by atoms with Gasteiger partial charge in [0.1, 0.15) is 11.7 Å². The number of carbonyl (C=O) groups excluding carboxylic acids is 1. The first-order valence-corrected chi connectivity index (χ1v) is 9.96. The van der Waals surface area contributed by atoms with Crippen molar-refractivity contribution < 1.29 is 14.7 Å². The zero-order valence-electron chi connectivity index (χ0n) is 18.1. The number of hydrogen-bond acceptors (Lipinski definition) is 3. The van der Waals surface area contributed by atoms with Crippen LogP contribution in [-0.2, 0) is 22.7 Å². The second-order valence-electron chi connectivity index (χ2n) is 9.47. The maximum Gasteiger partial charge on any atom is 0.352 e. The van der Waals surface area contributed by atoms with Gasteiger partial charge in [-0.3, -0.25) is 4.79 Å². The molecule has 1 aliphatic carbocycles. The van der Waals surface area contributed by atoms with Crippen molar-refractivity contribution in [3.05, 3.63) is 52.3 Å². The Labute approximate surface area is 172 Å². The van der Waals surface area contributed by atoms with E-state index in [-0.39, 0.29) is 22.4 Å². The van der Waals surface area contributed by atoms with E-state index in [9.17, 15) is 14.7 Å². The van der Waals surface area contributed by atoms with Crippen LogP contribution in [0.4, 0.5) is 5.69 Å². The quantitative estimate of drug-likeness (QED) is 0.726. The first-order valence-electron chi connectivity index (χ1n) is 9.96. The summed E-state index contributed by atoms with van der Waals surface area (Å²) in [5.41, 5.74) is 10.9. The van der Waals surface area contributed by atoms with E-state index in [1.165, 1.54) is 15.7 Å². The number of fused-ring (bicyclic) bond motifs is 1. The van der Waals surface area contributed by atoms with Gasteiger partial charge >= 0.3 is 5.97 Å². The van der Waals surface area contributed by atoms with Crippen molar-refractivity contribution in [2.45, 2.75) is 64.3 Å². The maximum atomic E-state index is 12.8. The Hall–Kier alpha value is -2.60. The number of rotatable bonds is 4. The van der Waals surface area contributed by atoms with E-state index in [2.05, 4.69) is 45.1 Å². The molecule has 6 nitrogen and oxygen atoms in total. The molecule has 1 atom stereocenters. The first kappa shape index (κ1) is 21.1.